The number of hydrogen-bond acceptors (Lipinski definition) is 4. The van der Waals surface area contributed by atoms with E-state index >= 15 is 0 Å². The number of aliphatic carboxylic acids is 2. The number of nitrogens with zero attached hydrogens (tertiary/aromatic N) is 1. The van der Waals surface area contributed by atoms with E-state index in [1.807, 2.05) is 0 Å². The first-order chi connectivity index (χ1) is 6.93. The van der Waals surface area contributed by atoms with Crippen LogP contribution in [0.5, 0.6) is 0 Å². The van der Waals surface area contributed by atoms with Gasteiger partial charge >= 0.3 is 11.9 Å². The minimum Gasteiger partial charge on any atom is -0.481 e. The van der Waals surface area contributed by atoms with Gasteiger partial charge in [0.2, 0.25) is 0 Å². The smallest absolute Gasteiger partial charge is 0.317 e. The first kappa shape index (κ1) is 13.6. The summed E-state index contributed by atoms with van der Waals surface area (Å²) >= 11 is 1.00. The zero-order chi connectivity index (χ0) is 11.8. The lowest BCUT2D eigenvalue weighted by Crippen LogP contribution is -2.24. The van der Waals surface area contributed by atoms with Gasteiger partial charge in [-0.25, -0.2) is 0 Å². The molecule has 0 unspecified atom stereocenters. The summed E-state index contributed by atoms with van der Waals surface area (Å²) in [5.41, 5.74) is 10.1. The van der Waals surface area contributed by atoms with Crippen molar-refractivity contribution in [1.29, 1.82) is 0 Å². The van der Waals surface area contributed by atoms with Crippen molar-refractivity contribution in [2.45, 2.75) is 11.7 Å². The quantitative estimate of drug-likeness (QED) is 0.250. The maximum Gasteiger partial charge on any atom is 0.317 e. The molecule has 15 heavy (non-hydrogen) atoms. The van der Waals surface area contributed by atoms with Gasteiger partial charge in [0.05, 0.1) is 13.0 Å². The fraction of sp³-hybridized carbons (Fsp3) is 0.571. The van der Waals surface area contributed by atoms with E-state index in [0.29, 0.717) is 5.75 Å². The van der Waals surface area contributed by atoms with Crippen LogP contribution in [0, 0.1) is 0 Å². The Morgan fingerprint density at radius 1 is 1.33 bits per heavy atom. The van der Waals surface area contributed by atoms with E-state index < -0.39 is 23.6 Å². The van der Waals surface area contributed by atoms with E-state index in [2.05, 4.69) is 4.99 Å². The van der Waals surface area contributed by atoms with Crippen molar-refractivity contribution in [2.75, 3.05) is 12.3 Å². The molecule has 0 aliphatic rings. The van der Waals surface area contributed by atoms with E-state index in [4.69, 9.17) is 21.7 Å². The number of carboxylic acids is 2. The van der Waals surface area contributed by atoms with Crippen molar-refractivity contribution in [3.8, 4) is 0 Å². The summed E-state index contributed by atoms with van der Waals surface area (Å²) in [4.78, 5) is 24.6. The molecule has 0 amide bonds. The Kier molecular flexibility index (Phi) is 6.27. The van der Waals surface area contributed by atoms with E-state index in [9.17, 15) is 9.59 Å². The molecule has 1 atom stereocenters. The highest BCUT2D eigenvalue weighted by Crippen LogP contribution is 2.14. The van der Waals surface area contributed by atoms with Gasteiger partial charge in [0, 0.05) is 5.75 Å². The Morgan fingerprint density at radius 3 is 2.33 bits per heavy atom. The molecule has 0 bridgehead atoms. The zero-order valence-electron chi connectivity index (χ0n) is 7.92. The average molecular weight is 235 g/mol. The summed E-state index contributed by atoms with van der Waals surface area (Å²) in [5.74, 6) is -1.99. The molecule has 0 rings (SSSR count). The molecule has 0 saturated heterocycles. The highest BCUT2D eigenvalue weighted by molar-refractivity contribution is 8.00. The van der Waals surface area contributed by atoms with E-state index in [-0.39, 0.29) is 12.5 Å². The first-order valence-electron chi connectivity index (χ1n) is 4.05. The summed E-state index contributed by atoms with van der Waals surface area (Å²) in [6.45, 7) is 0.274. The molecule has 0 aromatic rings. The normalized spacial score (nSPS) is 11.7. The lowest BCUT2D eigenvalue weighted by Gasteiger charge is -2.07. The van der Waals surface area contributed by atoms with Crippen molar-refractivity contribution in [1.82, 2.24) is 0 Å². The highest BCUT2D eigenvalue weighted by atomic mass is 32.2. The van der Waals surface area contributed by atoms with Crippen LogP contribution < -0.4 is 11.5 Å². The third-order valence-electron chi connectivity index (χ3n) is 1.34. The van der Waals surface area contributed by atoms with E-state index in [1.165, 1.54) is 0 Å². The van der Waals surface area contributed by atoms with Gasteiger partial charge in [-0.3, -0.25) is 14.6 Å². The maximum absolute atomic E-state index is 10.6. The van der Waals surface area contributed by atoms with Crippen molar-refractivity contribution in [3.63, 3.8) is 0 Å². The highest BCUT2D eigenvalue weighted by Gasteiger charge is 2.20. The molecular weight excluding hydrogens is 222 g/mol. The molecule has 0 fully saturated rings. The second-order valence-corrected chi connectivity index (χ2v) is 3.91. The number of nitrogens with two attached hydrogens (primary N) is 2. The Balaban J connectivity index is 3.92. The molecule has 0 radical (unpaired) electrons. The Morgan fingerprint density at radius 2 is 1.93 bits per heavy atom. The van der Waals surface area contributed by atoms with Crippen LogP contribution in [0.2, 0.25) is 0 Å². The van der Waals surface area contributed by atoms with Crippen LogP contribution in [0.4, 0.5) is 0 Å². The Labute approximate surface area is 90.5 Å². The summed E-state index contributed by atoms with van der Waals surface area (Å²) in [6, 6.07) is 0. The van der Waals surface area contributed by atoms with E-state index in [0.717, 1.165) is 11.8 Å². The van der Waals surface area contributed by atoms with Gasteiger partial charge in [-0.1, -0.05) is 0 Å². The number of carbonyl (C=O) groups is 2. The minimum atomic E-state index is -1.15. The van der Waals surface area contributed by atoms with Gasteiger partial charge in [-0.05, 0) is 0 Å². The van der Waals surface area contributed by atoms with E-state index in [1.54, 1.807) is 0 Å². The van der Waals surface area contributed by atoms with Crippen molar-refractivity contribution < 1.29 is 19.8 Å². The minimum absolute atomic E-state index is 0.0688. The zero-order valence-corrected chi connectivity index (χ0v) is 8.74. The maximum atomic E-state index is 10.6. The number of rotatable bonds is 7. The van der Waals surface area contributed by atoms with Crippen LogP contribution in [0.1, 0.15) is 6.42 Å². The molecular formula is C7H13N3O4S. The summed E-state index contributed by atoms with van der Waals surface area (Å²) < 4.78 is 0. The molecule has 0 aromatic heterocycles. The van der Waals surface area contributed by atoms with Gasteiger partial charge in [0.15, 0.2) is 5.96 Å². The van der Waals surface area contributed by atoms with Crippen LogP contribution >= 0.6 is 11.8 Å². The molecule has 8 heteroatoms. The average Bonchev–Trinajstić information content (AvgIpc) is 2.08. The lowest BCUT2D eigenvalue weighted by molar-refractivity contribution is -0.142. The molecule has 6 N–H and O–H groups in total. The van der Waals surface area contributed by atoms with Gasteiger partial charge in [-0.15, -0.1) is 11.8 Å². The van der Waals surface area contributed by atoms with Gasteiger partial charge in [0.1, 0.15) is 5.25 Å². The van der Waals surface area contributed by atoms with Crippen LogP contribution in [0.25, 0.3) is 0 Å². The molecule has 86 valence electrons. The first-order valence-corrected chi connectivity index (χ1v) is 5.10. The molecule has 0 heterocycles. The van der Waals surface area contributed by atoms with Crippen LogP contribution in [0.3, 0.4) is 0 Å². The number of hydrogen-bond donors (Lipinski definition) is 4. The molecule has 0 aliphatic heterocycles. The molecule has 0 spiro atoms. The largest absolute Gasteiger partial charge is 0.481 e. The van der Waals surface area contributed by atoms with Gasteiger partial charge in [0.25, 0.3) is 0 Å². The second kappa shape index (κ2) is 6.93. The second-order valence-electron chi connectivity index (χ2n) is 2.60. The predicted molar refractivity (Wildman–Crippen MR) is 56.8 cm³/mol. The standard InChI is InChI=1S/C7H13N3O4S/c8-7(9)10-1-2-15-4(6(13)14)3-5(11)12/h4H,1-3H2,(H,11,12)(H,13,14)(H4,8,9,10)/t4-/m1/s1. The van der Waals surface area contributed by atoms with Crippen LogP contribution in [-0.2, 0) is 9.59 Å². The fourth-order valence-corrected chi connectivity index (χ4v) is 1.63. The third-order valence-corrected chi connectivity index (χ3v) is 2.53. The summed E-state index contributed by atoms with van der Waals surface area (Å²) in [6.07, 6.45) is -0.415. The summed E-state index contributed by atoms with van der Waals surface area (Å²) in [5, 5.41) is 16.1. The summed E-state index contributed by atoms with van der Waals surface area (Å²) in [7, 11) is 0. The monoisotopic (exact) mass is 235 g/mol. The molecule has 7 nitrogen and oxygen atoms in total. The number of carboxylic acid groups (broad SMARTS) is 2. The number of aliphatic imine (C=N–C) groups is 1. The van der Waals surface area contributed by atoms with Crippen molar-refractivity contribution in [3.05, 3.63) is 0 Å². The predicted octanol–water partition coefficient (Wildman–Crippen LogP) is -1.08. The number of guanidine groups is 1. The fourth-order valence-electron chi connectivity index (χ4n) is 0.746. The molecule has 0 aliphatic carbocycles. The van der Waals surface area contributed by atoms with Gasteiger partial charge in [-0.2, -0.15) is 0 Å². The SMILES string of the molecule is NC(N)=NCCS[C@H](CC(=O)O)C(=O)O. The van der Waals surface area contributed by atoms with Gasteiger partial charge < -0.3 is 21.7 Å². The molecule has 0 aromatic carbocycles. The lowest BCUT2D eigenvalue weighted by atomic mass is 10.3. The molecule has 0 saturated carbocycles. The third kappa shape index (κ3) is 7.62. The topological polar surface area (TPSA) is 139 Å². The number of thioether (sulfide) groups is 1. The van der Waals surface area contributed by atoms with Crippen molar-refractivity contribution in [2.24, 2.45) is 16.5 Å². The van der Waals surface area contributed by atoms with Crippen molar-refractivity contribution >= 4 is 29.7 Å². The Hall–Kier alpha value is -1.44. The van der Waals surface area contributed by atoms with Crippen LogP contribution in [-0.4, -0.2) is 45.7 Å². The Bertz CT molecular complexity index is 265. The van der Waals surface area contributed by atoms with Crippen LogP contribution in [0.15, 0.2) is 4.99 Å².